The van der Waals surface area contributed by atoms with Crippen molar-refractivity contribution in [3.63, 3.8) is 0 Å². The van der Waals surface area contributed by atoms with Crippen molar-refractivity contribution in [3.05, 3.63) is 34.8 Å². The summed E-state index contributed by atoms with van der Waals surface area (Å²) in [6.45, 7) is 5.96. The Kier molecular flexibility index (Phi) is 4.96. The van der Waals surface area contributed by atoms with Crippen molar-refractivity contribution in [1.29, 1.82) is 0 Å². The van der Waals surface area contributed by atoms with E-state index < -0.39 is 5.97 Å². The monoisotopic (exact) mass is 305 g/mol. The van der Waals surface area contributed by atoms with E-state index in [1.807, 2.05) is 45.0 Å². The average molecular weight is 305 g/mol. The summed E-state index contributed by atoms with van der Waals surface area (Å²) in [7, 11) is 0. The van der Waals surface area contributed by atoms with Crippen molar-refractivity contribution in [1.82, 2.24) is 4.98 Å². The van der Waals surface area contributed by atoms with Gasteiger partial charge in [0.15, 0.2) is 0 Å². The molecule has 0 amide bonds. The second-order valence-electron chi connectivity index (χ2n) is 5.04. The van der Waals surface area contributed by atoms with E-state index in [4.69, 9.17) is 4.74 Å². The number of aromatic carboxylic acids is 1. The van der Waals surface area contributed by atoms with E-state index in [-0.39, 0.29) is 6.10 Å². The minimum Gasteiger partial charge on any atom is -0.491 e. The number of thiazole rings is 1. The van der Waals surface area contributed by atoms with Crippen molar-refractivity contribution in [2.75, 3.05) is 0 Å². The first-order chi connectivity index (χ1) is 10.0. The summed E-state index contributed by atoms with van der Waals surface area (Å²) < 4.78 is 5.67. The molecule has 0 aliphatic carbocycles. The van der Waals surface area contributed by atoms with Crippen LogP contribution in [0.15, 0.2) is 24.3 Å². The van der Waals surface area contributed by atoms with Crippen LogP contribution in [0.3, 0.4) is 0 Å². The zero-order valence-corrected chi connectivity index (χ0v) is 13.2. The van der Waals surface area contributed by atoms with E-state index in [2.05, 4.69) is 4.98 Å². The molecule has 0 atom stereocenters. The highest BCUT2D eigenvalue weighted by Crippen LogP contribution is 2.31. The molecule has 1 heterocycles. The molecule has 1 aromatic carbocycles. The van der Waals surface area contributed by atoms with Gasteiger partial charge in [0.2, 0.25) is 0 Å². The fourth-order valence-electron chi connectivity index (χ4n) is 2.02. The van der Waals surface area contributed by atoms with Gasteiger partial charge in [0.05, 0.1) is 11.8 Å². The Labute approximate surface area is 128 Å². The van der Waals surface area contributed by atoms with E-state index in [9.17, 15) is 9.90 Å². The number of aromatic nitrogens is 1. The van der Waals surface area contributed by atoms with Gasteiger partial charge in [-0.15, -0.1) is 11.3 Å². The predicted molar refractivity (Wildman–Crippen MR) is 84.3 cm³/mol. The predicted octanol–water partition coefficient (Wildman–Crippen LogP) is 4.25. The number of hydrogen-bond acceptors (Lipinski definition) is 4. The van der Waals surface area contributed by atoms with E-state index in [1.54, 1.807) is 0 Å². The van der Waals surface area contributed by atoms with Crippen LogP contribution in [0, 0.1) is 0 Å². The summed E-state index contributed by atoms with van der Waals surface area (Å²) >= 11 is 1.22. The van der Waals surface area contributed by atoms with E-state index in [0.717, 1.165) is 22.7 Å². The molecule has 0 saturated carbocycles. The number of hydrogen-bond donors (Lipinski definition) is 1. The molecule has 5 heteroatoms. The number of rotatable bonds is 6. The minimum absolute atomic E-state index is 0.0989. The number of carbonyl (C=O) groups is 1. The van der Waals surface area contributed by atoms with Gasteiger partial charge in [-0.1, -0.05) is 25.5 Å². The summed E-state index contributed by atoms with van der Waals surface area (Å²) in [6, 6.07) is 7.62. The molecule has 0 aliphatic rings. The maximum absolute atomic E-state index is 11.3. The van der Waals surface area contributed by atoms with Crippen LogP contribution < -0.4 is 4.74 Å². The lowest BCUT2D eigenvalue weighted by molar-refractivity contribution is 0.0700. The fourth-order valence-corrected chi connectivity index (χ4v) is 2.97. The third-order valence-corrected chi connectivity index (χ3v) is 3.97. The Bertz CT molecular complexity index is 634. The molecule has 1 N–H and O–H groups in total. The highest BCUT2D eigenvalue weighted by molar-refractivity contribution is 7.17. The lowest BCUT2D eigenvalue weighted by atomic mass is 10.2. The Morgan fingerprint density at radius 3 is 2.81 bits per heavy atom. The van der Waals surface area contributed by atoms with Gasteiger partial charge in [0.1, 0.15) is 15.6 Å². The van der Waals surface area contributed by atoms with E-state index in [1.165, 1.54) is 11.3 Å². The summed E-state index contributed by atoms with van der Waals surface area (Å²) in [4.78, 5) is 16.1. The highest BCUT2D eigenvalue weighted by atomic mass is 32.1. The molecule has 112 valence electrons. The van der Waals surface area contributed by atoms with Crippen LogP contribution in [0.4, 0.5) is 0 Å². The van der Waals surface area contributed by atoms with Crippen LogP contribution in [0.25, 0.3) is 10.6 Å². The molecule has 0 radical (unpaired) electrons. The van der Waals surface area contributed by atoms with Gasteiger partial charge in [-0.25, -0.2) is 9.78 Å². The lowest BCUT2D eigenvalue weighted by Gasteiger charge is -2.09. The molecule has 0 spiro atoms. The average Bonchev–Trinajstić information content (AvgIpc) is 2.83. The zero-order chi connectivity index (χ0) is 15.4. The molecular formula is C16H19NO3S. The van der Waals surface area contributed by atoms with Crippen LogP contribution in [-0.2, 0) is 6.42 Å². The molecule has 2 rings (SSSR count). The molecule has 0 fully saturated rings. The van der Waals surface area contributed by atoms with Gasteiger partial charge in [0.25, 0.3) is 0 Å². The molecule has 4 nitrogen and oxygen atoms in total. The minimum atomic E-state index is -0.906. The zero-order valence-electron chi connectivity index (χ0n) is 12.4. The number of benzene rings is 1. The summed E-state index contributed by atoms with van der Waals surface area (Å²) in [5.74, 6) is -0.136. The van der Waals surface area contributed by atoms with Gasteiger partial charge in [-0.2, -0.15) is 0 Å². The van der Waals surface area contributed by atoms with Crippen LogP contribution in [0.5, 0.6) is 5.75 Å². The summed E-state index contributed by atoms with van der Waals surface area (Å²) in [6.07, 6.45) is 1.65. The third kappa shape index (κ3) is 3.82. The maximum atomic E-state index is 11.3. The Balaban J connectivity index is 2.37. The quantitative estimate of drug-likeness (QED) is 0.866. The van der Waals surface area contributed by atoms with Crippen molar-refractivity contribution >= 4 is 17.3 Å². The van der Waals surface area contributed by atoms with Gasteiger partial charge in [-0.3, -0.25) is 0 Å². The lowest BCUT2D eigenvalue weighted by Crippen LogP contribution is -2.05. The Hall–Kier alpha value is -1.88. The summed E-state index contributed by atoms with van der Waals surface area (Å²) in [5, 5.41) is 10.00. The third-order valence-electron chi connectivity index (χ3n) is 2.83. The van der Waals surface area contributed by atoms with Crippen molar-refractivity contribution < 1.29 is 14.6 Å². The van der Waals surface area contributed by atoms with Gasteiger partial charge in [0, 0.05) is 5.56 Å². The van der Waals surface area contributed by atoms with Gasteiger partial charge in [-0.05, 0) is 32.4 Å². The van der Waals surface area contributed by atoms with Gasteiger partial charge >= 0.3 is 5.97 Å². The van der Waals surface area contributed by atoms with Crippen molar-refractivity contribution in [2.24, 2.45) is 0 Å². The van der Waals surface area contributed by atoms with Crippen LogP contribution in [-0.4, -0.2) is 22.2 Å². The molecule has 0 saturated heterocycles. The second kappa shape index (κ2) is 6.72. The first-order valence-corrected chi connectivity index (χ1v) is 7.83. The Morgan fingerprint density at radius 1 is 1.43 bits per heavy atom. The molecular weight excluding hydrogens is 286 g/mol. The smallest absolute Gasteiger partial charge is 0.347 e. The van der Waals surface area contributed by atoms with E-state index >= 15 is 0 Å². The number of ether oxygens (including phenoxy) is 1. The molecule has 2 aromatic rings. The van der Waals surface area contributed by atoms with Crippen LogP contribution >= 0.6 is 11.3 Å². The fraction of sp³-hybridized carbons (Fsp3) is 0.375. The normalized spacial score (nSPS) is 10.9. The number of nitrogens with zero attached hydrogens (tertiary/aromatic N) is 1. The van der Waals surface area contributed by atoms with Crippen LogP contribution in [0.1, 0.15) is 42.6 Å². The molecule has 0 unspecified atom stereocenters. The largest absolute Gasteiger partial charge is 0.491 e. The van der Waals surface area contributed by atoms with Gasteiger partial charge < -0.3 is 9.84 Å². The van der Waals surface area contributed by atoms with Crippen molar-refractivity contribution in [2.45, 2.75) is 39.7 Å². The Morgan fingerprint density at radius 2 is 2.19 bits per heavy atom. The summed E-state index contributed by atoms with van der Waals surface area (Å²) in [5.41, 5.74) is 1.56. The standard InChI is InChI=1S/C16H19NO3S/c1-4-6-13-14(16(18)19)21-15(17-13)11-7-5-8-12(9-11)20-10(2)3/h5,7-10H,4,6H2,1-3H3,(H,18,19). The number of carboxylic acid groups (broad SMARTS) is 1. The maximum Gasteiger partial charge on any atom is 0.347 e. The van der Waals surface area contributed by atoms with Crippen LogP contribution in [0.2, 0.25) is 0 Å². The second-order valence-corrected chi connectivity index (χ2v) is 6.04. The molecule has 0 aliphatic heterocycles. The number of carboxylic acids is 1. The SMILES string of the molecule is CCCc1nc(-c2cccc(OC(C)C)c2)sc1C(=O)O. The molecule has 0 bridgehead atoms. The number of aryl methyl sites for hydroxylation is 1. The van der Waals surface area contributed by atoms with Crippen molar-refractivity contribution in [3.8, 4) is 16.3 Å². The first-order valence-electron chi connectivity index (χ1n) is 7.01. The molecule has 21 heavy (non-hydrogen) atoms. The highest BCUT2D eigenvalue weighted by Gasteiger charge is 2.17. The van der Waals surface area contributed by atoms with E-state index in [0.29, 0.717) is 17.0 Å². The molecule has 1 aromatic heterocycles. The topological polar surface area (TPSA) is 59.4 Å². The first kappa shape index (κ1) is 15.5.